The second-order valence-corrected chi connectivity index (χ2v) is 6.19. The summed E-state index contributed by atoms with van der Waals surface area (Å²) < 4.78 is 11.9. The molecule has 0 aliphatic heterocycles. The zero-order valence-electron chi connectivity index (χ0n) is 12.0. The van der Waals surface area contributed by atoms with Crippen molar-refractivity contribution in [1.82, 2.24) is 4.98 Å². The number of carboxylic acids is 1. The first kappa shape index (κ1) is 15.6. The smallest absolute Gasteiger partial charge is 0.344 e. The van der Waals surface area contributed by atoms with Crippen LogP contribution in [0.15, 0.2) is 42.5 Å². The molecule has 1 unspecified atom stereocenters. The molecule has 23 heavy (non-hydrogen) atoms. The van der Waals surface area contributed by atoms with E-state index < -0.39 is 12.1 Å². The van der Waals surface area contributed by atoms with Gasteiger partial charge in [-0.3, -0.25) is 0 Å². The van der Waals surface area contributed by atoms with E-state index in [2.05, 4.69) is 4.98 Å². The Balaban J connectivity index is 1.73. The number of aromatic nitrogens is 1. The van der Waals surface area contributed by atoms with E-state index in [0.29, 0.717) is 21.7 Å². The third-order valence-electron chi connectivity index (χ3n) is 3.02. The summed E-state index contributed by atoms with van der Waals surface area (Å²) in [6, 6.07) is 12.2. The van der Waals surface area contributed by atoms with Crippen LogP contribution in [-0.2, 0) is 4.79 Å². The largest absolute Gasteiger partial charge is 0.479 e. The number of ether oxygens (including phenoxy) is 2. The Kier molecular flexibility index (Phi) is 4.36. The number of aliphatic carboxylic acids is 1. The summed E-state index contributed by atoms with van der Waals surface area (Å²) in [7, 11) is 0. The minimum atomic E-state index is -1.02. The molecule has 1 aromatic heterocycles. The van der Waals surface area contributed by atoms with E-state index in [1.807, 2.05) is 12.1 Å². The van der Waals surface area contributed by atoms with Crippen molar-refractivity contribution in [2.75, 3.05) is 0 Å². The maximum atomic E-state index is 10.8. The van der Waals surface area contributed by atoms with Gasteiger partial charge in [0, 0.05) is 5.02 Å². The molecule has 2 aromatic carbocycles. The average molecular weight is 350 g/mol. The highest BCUT2D eigenvalue weighted by molar-refractivity contribution is 7.20. The van der Waals surface area contributed by atoms with Gasteiger partial charge in [-0.15, -0.1) is 0 Å². The first-order valence-corrected chi connectivity index (χ1v) is 7.94. The maximum Gasteiger partial charge on any atom is 0.344 e. The van der Waals surface area contributed by atoms with Crippen LogP contribution in [0.1, 0.15) is 6.92 Å². The van der Waals surface area contributed by atoms with Gasteiger partial charge in [-0.25, -0.2) is 9.78 Å². The molecule has 0 aliphatic carbocycles. The minimum Gasteiger partial charge on any atom is -0.479 e. The summed E-state index contributed by atoms with van der Waals surface area (Å²) in [5.41, 5.74) is 0.785. The first-order chi connectivity index (χ1) is 11.0. The number of halogens is 1. The highest BCUT2D eigenvalue weighted by Crippen LogP contribution is 2.33. The Morgan fingerprint density at radius 1 is 1.22 bits per heavy atom. The number of carbonyl (C=O) groups is 1. The van der Waals surface area contributed by atoms with E-state index in [4.69, 9.17) is 26.2 Å². The summed E-state index contributed by atoms with van der Waals surface area (Å²) in [4.78, 5) is 15.1. The lowest BCUT2D eigenvalue weighted by atomic mass is 10.3. The van der Waals surface area contributed by atoms with Crippen molar-refractivity contribution in [1.29, 1.82) is 0 Å². The van der Waals surface area contributed by atoms with Crippen LogP contribution in [0.4, 0.5) is 0 Å². The number of hydrogen-bond donors (Lipinski definition) is 1. The van der Waals surface area contributed by atoms with E-state index in [1.165, 1.54) is 18.3 Å². The Bertz CT molecular complexity index is 847. The fraction of sp³-hybridized carbons (Fsp3) is 0.125. The summed E-state index contributed by atoms with van der Waals surface area (Å²) >= 11 is 7.36. The van der Waals surface area contributed by atoms with Crippen molar-refractivity contribution in [2.24, 2.45) is 0 Å². The van der Waals surface area contributed by atoms with Crippen molar-refractivity contribution >= 4 is 39.1 Å². The average Bonchev–Trinajstić information content (AvgIpc) is 2.90. The van der Waals surface area contributed by atoms with E-state index in [0.717, 1.165) is 10.2 Å². The lowest BCUT2D eigenvalue weighted by molar-refractivity contribution is -0.144. The van der Waals surface area contributed by atoms with Crippen LogP contribution in [0.5, 0.6) is 16.7 Å². The second-order valence-electron chi connectivity index (χ2n) is 4.76. The Morgan fingerprint density at radius 2 is 1.91 bits per heavy atom. The van der Waals surface area contributed by atoms with Gasteiger partial charge in [0.2, 0.25) is 0 Å². The molecule has 0 fully saturated rings. The Hall–Kier alpha value is -2.31. The predicted octanol–water partition coefficient (Wildman–Crippen LogP) is 4.59. The third kappa shape index (κ3) is 3.72. The molecule has 118 valence electrons. The molecule has 0 aliphatic rings. The second kappa shape index (κ2) is 6.44. The van der Waals surface area contributed by atoms with Crippen molar-refractivity contribution < 1.29 is 19.4 Å². The van der Waals surface area contributed by atoms with Gasteiger partial charge in [-0.2, -0.15) is 0 Å². The topological polar surface area (TPSA) is 68.7 Å². The normalized spacial score (nSPS) is 12.1. The number of rotatable bonds is 5. The highest BCUT2D eigenvalue weighted by atomic mass is 35.5. The van der Waals surface area contributed by atoms with E-state index in [1.54, 1.807) is 30.3 Å². The molecule has 0 bridgehead atoms. The molecule has 1 heterocycles. The Labute approximate surface area is 141 Å². The minimum absolute atomic E-state index is 0.461. The van der Waals surface area contributed by atoms with Crippen molar-refractivity contribution in [2.45, 2.75) is 13.0 Å². The molecule has 0 amide bonds. The van der Waals surface area contributed by atoms with Crippen LogP contribution in [0.3, 0.4) is 0 Å². The molecule has 1 N–H and O–H groups in total. The van der Waals surface area contributed by atoms with Gasteiger partial charge in [0.15, 0.2) is 6.10 Å². The predicted molar refractivity (Wildman–Crippen MR) is 88.9 cm³/mol. The van der Waals surface area contributed by atoms with E-state index >= 15 is 0 Å². The zero-order chi connectivity index (χ0) is 16.4. The van der Waals surface area contributed by atoms with Crippen molar-refractivity contribution in [3.8, 4) is 16.7 Å². The number of nitrogens with zero attached hydrogens (tertiary/aromatic N) is 1. The quantitative estimate of drug-likeness (QED) is 0.729. The lowest BCUT2D eigenvalue weighted by Gasteiger charge is -2.10. The van der Waals surface area contributed by atoms with E-state index in [-0.39, 0.29) is 0 Å². The summed E-state index contributed by atoms with van der Waals surface area (Å²) in [6.07, 6.45) is -0.907. The van der Waals surface area contributed by atoms with Crippen LogP contribution in [0.25, 0.3) is 10.2 Å². The number of thiazole rings is 1. The molecule has 0 radical (unpaired) electrons. The zero-order valence-corrected chi connectivity index (χ0v) is 13.6. The van der Waals surface area contributed by atoms with Gasteiger partial charge in [-0.05, 0) is 49.4 Å². The lowest BCUT2D eigenvalue weighted by Crippen LogP contribution is -2.22. The van der Waals surface area contributed by atoms with Crippen LogP contribution in [0, 0.1) is 0 Å². The highest BCUT2D eigenvalue weighted by Gasteiger charge is 2.12. The molecule has 5 nitrogen and oxygen atoms in total. The monoisotopic (exact) mass is 349 g/mol. The first-order valence-electron chi connectivity index (χ1n) is 6.75. The van der Waals surface area contributed by atoms with Gasteiger partial charge in [-0.1, -0.05) is 22.9 Å². The summed E-state index contributed by atoms with van der Waals surface area (Å²) in [5.74, 6) is 0.0345. The van der Waals surface area contributed by atoms with Gasteiger partial charge < -0.3 is 14.6 Å². The van der Waals surface area contributed by atoms with Crippen LogP contribution < -0.4 is 9.47 Å². The molecule has 0 spiro atoms. The molecule has 0 saturated carbocycles. The molecule has 3 rings (SSSR count). The van der Waals surface area contributed by atoms with Crippen LogP contribution in [0.2, 0.25) is 5.02 Å². The SMILES string of the molecule is CC(Oc1ccc(Oc2nc3cc(Cl)ccc3s2)cc1)C(=O)O. The molecular weight excluding hydrogens is 338 g/mol. The van der Waals surface area contributed by atoms with E-state index in [9.17, 15) is 4.79 Å². The molecule has 3 aromatic rings. The molecular formula is C16H12ClNO4S. The Morgan fingerprint density at radius 3 is 2.61 bits per heavy atom. The number of hydrogen-bond acceptors (Lipinski definition) is 5. The molecule has 7 heteroatoms. The molecule has 1 atom stereocenters. The van der Waals surface area contributed by atoms with Gasteiger partial charge in [0.25, 0.3) is 5.19 Å². The van der Waals surface area contributed by atoms with Gasteiger partial charge in [0.05, 0.1) is 10.2 Å². The summed E-state index contributed by atoms with van der Waals surface area (Å²) in [6.45, 7) is 1.47. The number of benzene rings is 2. The fourth-order valence-corrected chi connectivity index (χ4v) is 2.85. The summed E-state index contributed by atoms with van der Waals surface area (Å²) in [5, 5.41) is 9.95. The van der Waals surface area contributed by atoms with Crippen LogP contribution >= 0.6 is 22.9 Å². The number of fused-ring (bicyclic) bond motifs is 1. The fourth-order valence-electron chi connectivity index (χ4n) is 1.86. The van der Waals surface area contributed by atoms with Gasteiger partial charge in [0.1, 0.15) is 11.5 Å². The van der Waals surface area contributed by atoms with Crippen molar-refractivity contribution in [3.05, 3.63) is 47.5 Å². The number of carboxylic acid groups (broad SMARTS) is 1. The van der Waals surface area contributed by atoms with Gasteiger partial charge >= 0.3 is 5.97 Å². The molecule has 0 saturated heterocycles. The third-order valence-corrected chi connectivity index (χ3v) is 4.17. The maximum absolute atomic E-state index is 10.8. The standard InChI is InChI=1S/C16H12ClNO4S/c1-9(15(19)20)21-11-3-5-12(6-4-11)22-16-18-13-8-10(17)2-7-14(13)23-16/h2-9H,1H3,(H,19,20). The van der Waals surface area contributed by atoms with Crippen molar-refractivity contribution in [3.63, 3.8) is 0 Å². The van der Waals surface area contributed by atoms with Crippen LogP contribution in [-0.4, -0.2) is 22.2 Å².